The Hall–Kier alpha value is -0.960. The van der Waals surface area contributed by atoms with Crippen LogP contribution in [0.25, 0.3) is 0 Å². The number of thioether (sulfide) groups is 1. The van der Waals surface area contributed by atoms with Crippen molar-refractivity contribution in [2.45, 2.75) is 11.3 Å². The summed E-state index contributed by atoms with van der Waals surface area (Å²) >= 11 is 1.28. The third-order valence-corrected chi connectivity index (χ3v) is 2.87. The number of fused-ring (bicyclic) bond motifs is 1. The van der Waals surface area contributed by atoms with Crippen LogP contribution in [0, 0.1) is 0 Å². The Labute approximate surface area is 74.9 Å². The Balaban J connectivity index is 2.51. The van der Waals surface area contributed by atoms with Crippen molar-refractivity contribution in [3.05, 3.63) is 23.8 Å². The molecule has 62 valence electrons. The van der Waals surface area contributed by atoms with E-state index in [0.717, 1.165) is 16.2 Å². The molecule has 0 radical (unpaired) electrons. The lowest BCUT2D eigenvalue weighted by Gasteiger charge is -2.03. The molecule has 3 heteroatoms. The fourth-order valence-electron chi connectivity index (χ4n) is 1.28. The Morgan fingerprint density at radius 2 is 2.33 bits per heavy atom. The van der Waals surface area contributed by atoms with Gasteiger partial charge in [-0.05, 0) is 23.4 Å². The third-order valence-electron chi connectivity index (χ3n) is 1.83. The molecule has 0 bridgehead atoms. The van der Waals surface area contributed by atoms with Crippen LogP contribution in [-0.4, -0.2) is 12.2 Å². The van der Waals surface area contributed by atoms with E-state index in [1.54, 1.807) is 7.11 Å². The van der Waals surface area contributed by atoms with Crippen LogP contribution in [-0.2, 0) is 11.2 Å². The van der Waals surface area contributed by atoms with Crippen molar-refractivity contribution in [2.24, 2.45) is 0 Å². The maximum absolute atomic E-state index is 11.1. The van der Waals surface area contributed by atoms with Gasteiger partial charge in [0.15, 0.2) is 5.12 Å². The SMILES string of the molecule is COc1cccc2c1SC(=O)C2. The first kappa shape index (κ1) is 7.68. The second-order valence-electron chi connectivity index (χ2n) is 2.60. The summed E-state index contributed by atoms with van der Waals surface area (Å²) in [5.74, 6) is 0.809. The molecular formula is C9H8O2S. The number of carbonyl (C=O) groups excluding carboxylic acids is 1. The van der Waals surface area contributed by atoms with Gasteiger partial charge in [-0.15, -0.1) is 0 Å². The van der Waals surface area contributed by atoms with E-state index in [0.29, 0.717) is 6.42 Å². The average Bonchev–Trinajstić information content (AvgIpc) is 2.44. The van der Waals surface area contributed by atoms with Gasteiger partial charge in [0.1, 0.15) is 5.75 Å². The molecule has 2 nitrogen and oxygen atoms in total. The molecule has 1 aliphatic rings. The molecule has 0 aromatic heterocycles. The lowest BCUT2D eigenvalue weighted by molar-refractivity contribution is -0.110. The molecule has 12 heavy (non-hydrogen) atoms. The van der Waals surface area contributed by atoms with E-state index >= 15 is 0 Å². The number of carbonyl (C=O) groups is 1. The zero-order valence-corrected chi connectivity index (χ0v) is 7.48. The maximum atomic E-state index is 11.1. The minimum absolute atomic E-state index is 0.203. The predicted octanol–water partition coefficient (Wildman–Crippen LogP) is 1.87. The summed E-state index contributed by atoms with van der Waals surface area (Å²) in [6, 6.07) is 5.76. The first-order valence-electron chi connectivity index (χ1n) is 3.68. The van der Waals surface area contributed by atoms with Gasteiger partial charge in [0.25, 0.3) is 0 Å². The zero-order valence-electron chi connectivity index (χ0n) is 6.66. The van der Waals surface area contributed by atoms with Gasteiger partial charge >= 0.3 is 0 Å². The van der Waals surface area contributed by atoms with Crippen LogP contribution in [0.4, 0.5) is 0 Å². The summed E-state index contributed by atoms with van der Waals surface area (Å²) in [5, 5.41) is 0.203. The van der Waals surface area contributed by atoms with E-state index in [1.165, 1.54) is 11.8 Å². The van der Waals surface area contributed by atoms with Gasteiger partial charge in [0.2, 0.25) is 0 Å². The quantitative estimate of drug-likeness (QED) is 0.660. The molecule has 0 fully saturated rings. The van der Waals surface area contributed by atoms with Crippen molar-refractivity contribution in [1.29, 1.82) is 0 Å². The number of ether oxygens (including phenoxy) is 1. The molecule has 1 aromatic rings. The maximum Gasteiger partial charge on any atom is 0.198 e. The highest BCUT2D eigenvalue weighted by atomic mass is 32.2. The normalized spacial score (nSPS) is 14.6. The van der Waals surface area contributed by atoms with Crippen LogP contribution in [0.2, 0.25) is 0 Å². The number of hydrogen-bond acceptors (Lipinski definition) is 3. The van der Waals surface area contributed by atoms with Gasteiger partial charge in [-0.3, -0.25) is 4.79 Å². The van der Waals surface area contributed by atoms with Gasteiger partial charge in [0.05, 0.1) is 12.0 Å². The first-order chi connectivity index (χ1) is 5.81. The lowest BCUT2D eigenvalue weighted by atomic mass is 10.2. The lowest BCUT2D eigenvalue weighted by Crippen LogP contribution is -1.87. The van der Waals surface area contributed by atoms with Crippen molar-refractivity contribution in [3.63, 3.8) is 0 Å². The topological polar surface area (TPSA) is 26.3 Å². The first-order valence-corrected chi connectivity index (χ1v) is 4.49. The molecule has 0 aliphatic carbocycles. The second-order valence-corrected chi connectivity index (χ2v) is 3.67. The largest absolute Gasteiger partial charge is 0.496 e. The van der Waals surface area contributed by atoms with E-state index in [2.05, 4.69) is 0 Å². The fourth-order valence-corrected chi connectivity index (χ4v) is 2.26. The molecular weight excluding hydrogens is 172 g/mol. The van der Waals surface area contributed by atoms with Crippen molar-refractivity contribution in [3.8, 4) is 5.75 Å². The minimum atomic E-state index is 0.203. The van der Waals surface area contributed by atoms with Crippen LogP contribution >= 0.6 is 11.8 Å². The monoisotopic (exact) mass is 180 g/mol. The van der Waals surface area contributed by atoms with E-state index in [-0.39, 0.29) is 5.12 Å². The Morgan fingerprint density at radius 1 is 1.50 bits per heavy atom. The highest BCUT2D eigenvalue weighted by molar-refractivity contribution is 8.14. The summed E-state index contributed by atoms with van der Waals surface area (Å²) in [7, 11) is 1.62. The molecule has 0 N–H and O–H groups in total. The summed E-state index contributed by atoms with van der Waals surface area (Å²) in [6.07, 6.45) is 0.539. The van der Waals surface area contributed by atoms with Crippen LogP contribution < -0.4 is 4.74 Å². The Bertz CT molecular complexity index is 333. The van der Waals surface area contributed by atoms with Crippen LogP contribution in [0.3, 0.4) is 0 Å². The van der Waals surface area contributed by atoms with Crippen LogP contribution in [0.1, 0.15) is 5.56 Å². The van der Waals surface area contributed by atoms with Gasteiger partial charge in [-0.1, -0.05) is 12.1 Å². The number of rotatable bonds is 1. The van der Waals surface area contributed by atoms with Crippen LogP contribution in [0.5, 0.6) is 5.75 Å². The van der Waals surface area contributed by atoms with Gasteiger partial charge in [-0.2, -0.15) is 0 Å². The van der Waals surface area contributed by atoms with Crippen molar-refractivity contribution >= 4 is 16.9 Å². The van der Waals surface area contributed by atoms with Crippen molar-refractivity contribution < 1.29 is 9.53 Å². The highest BCUT2D eigenvalue weighted by Crippen LogP contribution is 2.39. The Morgan fingerprint density at radius 3 is 3.08 bits per heavy atom. The van der Waals surface area contributed by atoms with E-state index in [1.807, 2.05) is 18.2 Å². The minimum Gasteiger partial charge on any atom is -0.496 e. The number of benzene rings is 1. The standard InChI is InChI=1S/C9H8O2S/c1-11-7-4-2-3-6-5-8(10)12-9(6)7/h2-4H,5H2,1H3. The van der Waals surface area contributed by atoms with Crippen molar-refractivity contribution in [1.82, 2.24) is 0 Å². The average molecular weight is 180 g/mol. The molecule has 0 saturated heterocycles. The fraction of sp³-hybridized carbons (Fsp3) is 0.222. The Kier molecular flexibility index (Phi) is 1.81. The summed E-state index contributed by atoms with van der Waals surface area (Å²) in [5.41, 5.74) is 1.09. The van der Waals surface area contributed by atoms with Crippen LogP contribution in [0.15, 0.2) is 23.1 Å². The summed E-state index contributed by atoms with van der Waals surface area (Å²) in [6.45, 7) is 0. The predicted molar refractivity (Wildman–Crippen MR) is 47.6 cm³/mol. The molecule has 1 aromatic carbocycles. The van der Waals surface area contributed by atoms with Crippen molar-refractivity contribution in [2.75, 3.05) is 7.11 Å². The zero-order chi connectivity index (χ0) is 8.55. The van der Waals surface area contributed by atoms with E-state index in [9.17, 15) is 4.79 Å². The van der Waals surface area contributed by atoms with Gasteiger partial charge < -0.3 is 4.74 Å². The molecule has 0 atom stereocenters. The molecule has 0 unspecified atom stereocenters. The smallest absolute Gasteiger partial charge is 0.198 e. The van der Waals surface area contributed by atoms with Gasteiger partial charge in [0, 0.05) is 6.42 Å². The second kappa shape index (κ2) is 2.83. The molecule has 1 heterocycles. The highest BCUT2D eigenvalue weighted by Gasteiger charge is 2.22. The molecule has 0 saturated carbocycles. The molecule has 2 rings (SSSR count). The third kappa shape index (κ3) is 1.10. The number of hydrogen-bond donors (Lipinski definition) is 0. The van der Waals surface area contributed by atoms with Gasteiger partial charge in [-0.25, -0.2) is 0 Å². The molecule has 0 spiro atoms. The van der Waals surface area contributed by atoms with E-state index < -0.39 is 0 Å². The number of methoxy groups -OCH3 is 1. The summed E-state index contributed by atoms with van der Waals surface area (Å²) in [4.78, 5) is 12.1. The van der Waals surface area contributed by atoms with E-state index in [4.69, 9.17) is 4.74 Å². The molecule has 1 aliphatic heterocycles. The molecule has 0 amide bonds. The summed E-state index contributed by atoms with van der Waals surface area (Å²) < 4.78 is 5.13.